The van der Waals surface area contributed by atoms with E-state index >= 15 is 0 Å². The highest BCUT2D eigenvalue weighted by molar-refractivity contribution is 5.25. The van der Waals surface area contributed by atoms with Crippen LogP contribution in [0.2, 0.25) is 0 Å². The van der Waals surface area contributed by atoms with Gasteiger partial charge in [-0.15, -0.1) is 0 Å². The van der Waals surface area contributed by atoms with Crippen LogP contribution in [0.25, 0.3) is 0 Å². The van der Waals surface area contributed by atoms with Crippen LogP contribution >= 0.6 is 0 Å². The van der Waals surface area contributed by atoms with Crippen molar-refractivity contribution in [3.8, 4) is 0 Å². The van der Waals surface area contributed by atoms with Crippen molar-refractivity contribution in [2.75, 3.05) is 20.3 Å². The van der Waals surface area contributed by atoms with Crippen molar-refractivity contribution in [2.45, 2.75) is 19.8 Å². The molecule has 0 aliphatic carbocycles. The number of aryl methyl sites for hydroxylation is 1. The second-order valence-corrected chi connectivity index (χ2v) is 4.19. The Hall–Kier alpha value is -0.860. The fourth-order valence-corrected chi connectivity index (χ4v) is 1.89. The number of hydrogen-bond donors (Lipinski definition) is 1. The van der Waals surface area contributed by atoms with E-state index in [1.165, 1.54) is 11.1 Å². The zero-order chi connectivity index (χ0) is 11.3. The van der Waals surface area contributed by atoms with E-state index in [0.29, 0.717) is 18.4 Å². The normalized spacial score (nSPS) is 14.9. The number of hydrogen-bond acceptors (Lipinski definition) is 2. The third kappa shape index (κ3) is 3.33. The molecule has 0 aliphatic rings. The molecular weight excluding hydrogens is 186 g/mol. The summed E-state index contributed by atoms with van der Waals surface area (Å²) in [5.41, 5.74) is 8.42. The van der Waals surface area contributed by atoms with Crippen LogP contribution < -0.4 is 5.73 Å². The molecule has 1 aromatic carbocycles. The lowest BCUT2D eigenvalue weighted by molar-refractivity contribution is 0.147. The highest BCUT2D eigenvalue weighted by Crippen LogP contribution is 2.23. The molecule has 0 saturated heterocycles. The highest BCUT2D eigenvalue weighted by Gasteiger charge is 2.17. The molecule has 0 aliphatic heterocycles. The Morgan fingerprint density at radius 1 is 1.27 bits per heavy atom. The van der Waals surface area contributed by atoms with E-state index in [1.54, 1.807) is 7.11 Å². The van der Waals surface area contributed by atoms with Gasteiger partial charge in [0.2, 0.25) is 0 Å². The first-order valence-corrected chi connectivity index (χ1v) is 5.44. The van der Waals surface area contributed by atoms with Gasteiger partial charge in [-0.1, -0.05) is 36.8 Å². The molecule has 0 spiro atoms. The summed E-state index contributed by atoms with van der Waals surface area (Å²) in [4.78, 5) is 0. The SMILES string of the molecule is COCC(C)C(CN)c1ccc(C)cc1. The molecule has 0 radical (unpaired) electrons. The molecule has 2 N–H and O–H groups in total. The molecule has 2 unspecified atom stereocenters. The second-order valence-electron chi connectivity index (χ2n) is 4.19. The molecule has 0 saturated carbocycles. The first kappa shape index (κ1) is 12.2. The van der Waals surface area contributed by atoms with Crippen LogP contribution in [0, 0.1) is 12.8 Å². The van der Waals surface area contributed by atoms with Gasteiger partial charge in [0.05, 0.1) is 0 Å². The van der Waals surface area contributed by atoms with E-state index < -0.39 is 0 Å². The molecule has 84 valence electrons. The molecule has 0 aromatic heterocycles. The van der Waals surface area contributed by atoms with Gasteiger partial charge < -0.3 is 10.5 Å². The molecule has 1 rings (SSSR count). The zero-order valence-corrected chi connectivity index (χ0v) is 9.86. The van der Waals surface area contributed by atoms with Crippen molar-refractivity contribution in [3.05, 3.63) is 35.4 Å². The number of nitrogens with two attached hydrogens (primary N) is 1. The largest absolute Gasteiger partial charge is 0.384 e. The molecule has 2 atom stereocenters. The Morgan fingerprint density at radius 3 is 2.33 bits per heavy atom. The van der Waals surface area contributed by atoms with Crippen molar-refractivity contribution in [2.24, 2.45) is 11.7 Å². The summed E-state index contributed by atoms with van der Waals surface area (Å²) in [5, 5.41) is 0. The van der Waals surface area contributed by atoms with Crippen molar-refractivity contribution in [1.29, 1.82) is 0 Å². The van der Waals surface area contributed by atoms with Gasteiger partial charge in [-0.25, -0.2) is 0 Å². The van der Waals surface area contributed by atoms with Crippen molar-refractivity contribution < 1.29 is 4.74 Å². The lowest BCUT2D eigenvalue weighted by Gasteiger charge is -2.22. The van der Waals surface area contributed by atoms with E-state index in [0.717, 1.165) is 6.61 Å². The Kier molecular flexibility index (Phi) is 4.79. The fraction of sp³-hybridized carbons (Fsp3) is 0.538. The quantitative estimate of drug-likeness (QED) is 0.804. The summed E-state index contributed by atoms with van der Waals surface area (Å²) < 4.78 is 5.18. The third-order valence-corrected chi connectivity index (χ3v) is 2.88. The van der Waals surface area contributed by atoms with Crippen LogP contribution in [0.15, 0.2) is 24.3 Å². The van der Waals surface area contributed by atoms with Crippen LogP contribution in [-0.4, -0.2) is 20.3 Å². The maximum Gasteiger partial charge on any atom is 0.0494 e. The van der Waals surface area contributed by atoms with E-state index in [-0.39, 0.29) is 0 Å². The smallest absolute Gasteiger partial charge is 0.0494 e. The number of rotatable bonds is 5. The van der Waals surface area contributed by atoms with Crippen LogP contribution in [-0.2, 0) is 4.74 Å². The third-order valence-electron chi connectivity index (χ3n) is 2.88. The Balaban J connectivity index is 2.77. The molecule has 0 heterocycles. The lowest BCUT2D eigenvalue weighted by atomic mass is 9.87. The van der Waals surface area contributed by atoms with E-state index in [2.05, 4.69) is 38.1 Å². The van der Waals surface area contributed by atoms with E-state index in [4.69, 9.17) is 10.5 Å². The van der Waals surface area contributed by atoms with E-state index in [1.807, 2.05) is 0 Å². The van der Waals surface area contributed by atoms with Crippen LogP contribution in [0.3, 0.4) is 0 Å². The maximum absolute atomic E-state index is 5.82. The Labute approximate surface area is 92.4 Å². The molecule has 1 aromatic rings. The average Bonchev–Trinajstić information content (AvgIpc) is 2.22. The van der Waals surface area contributed by atoms with Gasteiger partial charge >= 0.3 is 0 Å². The molecule has 15 heavy (non-hydrogen) atoms. The highest BCUT2D eigenvalue weighted by atomic mass is 16.5. The average molecular weight is 207 g/mol. The Bertz CT molecular complexity index is 281. The maximum atomic E-state index is 5.82. The summed E-state index contributed by atoms with van der Waals surface area (Å²) >= 11 is 0. The molecular formula is C13H21NO. The number of ether oxygens (including phenoxy) is 1. The number of methoxy groups -OCH3 is 1. The minimum atomic E-state index is 0.394. The van der Waals surface area contributed by atoms with Gasteiger partial charge in [0.1, 0.15) is 0 Å². The summed E-state index contributed by atoms with van der Waals surface area (Å²) in [6.45, 7) is 5.71. The van der Waals surface area contributed by atoms with E-state index in [9.17, 15) is 0 Å². The van der Waals surface area contributed by atoms with Crippen molar-refractivity contribution in [1.82, 2.24) is 0 Å². The predicted molar refractivity (Wildman–Crippen MR) is 64.0 cm³/mol. The summed E-state index contributed by atoms with van der Waals surface area (Å²) in [7, 11) is 1.74. The fourth-order valence-electron chi connectivity index (χ4n) is 1.89. The van der Waals surface area contributed by atoms with Crippen LogP contribution in [0.5, 0.6) is 0 Å². The summed E-state index contributed by atoms with van der Waals surface area (Å²) in [6, 6.07) is 8.60. The molecule has 0 bridgehead atoms. The minimum Gasteiger partial charge on any atom is -0.384 e. The Morgan fingerprint density at radius 2 is 1.87 bits per heavy atom. The standard InChI is InChI=1S/C13H21NO/c1-10-4-6-12(7-5-10)13(8-14)11(2)9-15-3/h4-7,11,13H,8-9,14H2,1-3H3. The predicted octanol–water partition coefficient (Wildman–Crippen LogP) is 2.32. The molecule has 2 nitrogen and oxygen atoms in total. The van der Waals surface area contributed by atoms with Gasteiger partial charge in [-0.3, -0.25) is 0 Å². The van der Waals surface area contributed by atoms with Gasteiger partial charge in [-0.05, 0) is 24.9 Å². The van der Waals surface area contributed by atoms with Gasteiger partial charge in [-0.2, -0.15) is 0 Å². The molecule has 0 amide bonds. The topological polar surface area (TPSA) is 35.2 Å². The first-order valence-electron chi connectivity index (χ1n) is 5.44. The van der Waals surface area contributed by atoms with Crippen molar-refractivity contribution in [3.63, 3.8) is 0 Å². The van der Waals surface area contributed by atoms with Crippen molar-refractivity contribution >= 4 is 0 Å². The van der Waals surface area contributed by atoms with Gasteiger partial charge in [0, 0.05) is 19.6 Å². The van der Waals surface area contributed by atoms with Crippen LogP contribution in [0.4, 0.5) is 0 Å². The van der Waals surface area contributed by atoms with Gasteiger partial charge in [0.25, 0.3) is 0 Å². The van der Waals surface area contributed by atoms with Gasteiger partial charge in [0.15, 0.2) is 0 Å². The summed E-state index contributed by atoms with van der Waals surface area (Å²) in [5.74, 6) is 0.855. The summed E-state index contributed by atoms with van der Waals surface area (Å²) in [6.07, 6.45) is 0. The first-order chi connectivity index (χ1) is 7.19. The number of benzene rings is 1. The zero-order valence-electron chi connectivity index (χ0n) is 9.86. The molecule has 2 heteroatoms. The monoisotopic (exact) mass is 207 g/mol. The van der Waals surface area contributed by atoms with Crippen LogP contribution in [0.1, 0.15) is 24.0 Å². The second kappa shape index (κ2) is 5.89. The lowest BCUT2D eigenvalue weighted by Crippen LogP contribution is -2.22. The molecule has 0 fully saturated rings. The minimum absolute atomic E-state index is 0.394.